The molecule has 1 saturated heterocycles. The minimum absolute atomic E-state index is 0.0503. The number of hydrogen-bond donors (Lipinski definition) is 1. The molecule has 1 atom stereocenters. The molecule has 1 aromatic rings. The summed E-state index contributed by atoms with van der Waals surface area (Å²) in [6.07, 6.45) is 2.30. The van der Waals surface area contributed by atoms with E-state index in [1.165, 1.54) is 16.1 Å². The summed E-state index contributed by atoms with van der Waals surface area (Å²) in [5.41, 5.74) is 5.59. The van der Waals surface area contributed by atoms with Gasteiger partial charge in [-0.15, -0.1) is 6.58 Å². The fraction of sp³-hybridized carbons (Fsp3) is 0.357. The van der Waals surface area contributed by atoms with Crippen molar-refractivity contribution in [3.05, 3.63) is 48.0 Å². The summed E-state index contributed by atoms with van der Waals surface area (Å²) < 4.78 is 4.91. The van der Waals surface area contributed by atoms with Gasteiger partial charge >= 0.3 is 6.09 Å². The maximum atomic E-state index is 11.4. The molecule has 0 spiro atoms. The van der Waals surface area contributed by atoms with Gasteiger partial charge in [0.2, 0.25) is 0 Å². The molecule has 1 amide bonds. The van der Waals surface area contributed by atoms with Gasteiger partial charge in [-0.25, -0.2) is 15.2 Å². The van der Waals surface area contributed by atoms with Gasteiger partial charge in [0, 0.05) is 0 Å². The van der Waals surface area contributed by atoms with Gasteiger partial charge in [0.15, 0.2) is 0 Å². The van der Waals surface area contributed by atoms with Crippen LogP contribution in [0.15, 0.2) is 36.9 Å². The average molecular weight is 246 g/mol. The predicted octanol–water partition coefficient (Wildman–Crippen LogP) is 2.57. The minimum Gasteiger partial charge on any atom is -0.447 e. The number of ether oxygens (including phenoxy) is 1. The van der Waals surface area contributed by atoms with Gasteiger partial charge in [0.05, 0.1) is 12.6 Å². The number of hydrogen-bond acceptors (Lipinski definition) is 3. The Bertz CT molecular complexity index is 445. The van der Waals surface area contributed by atoms with Crippen LogP contribution in [-0.4, -0.2) is 24.3 Å². The number of amides is 1. The second-order valence-electron chi connectivity index (χ2n) is 4.33. The predicted molar refractivity (Wildman–Crippen MR) is 69.9 cm³/mol. The molecule has 0 aromatic heterocycles. The van der Waals surface area contributed by atoms with Crippen LogP contribution in [0, 0.1) is 6.92 Å². The Kier molecular flexibility index (Phi) is 3.99. The largest absolute Gasteiger partial charge is 0.447 e. The van der Waals surface area contributed by atoms with Gasteiger partial charge in [-0.3, -0.25) is 0 Å². The molecule has 4 nitrogen and oxygen atoms in total. The van der Waals surface area contributed by atoms with Gasteiger partial charge in [0.1, 0.15) is 6.61 Å². The van der Waals surface area contributed by atoms with E-state index in [4.69, 9.17) is 4.74 Å². The molecule has 96 valence electrons. The van der Waals surface area contributed by atoms with Crippen molar-refractivity contribution in [2.45, 2.75) is 19.4 Å². The van der Waals surface area contributed by atoms with Gasteiger partial charge in [-0.05, 0) is 24.5 Å². The fourth-order valence-corrected chi connectivity index (χ4v) is 2.09. The summed E-state index contributed by atoms with van der Waals surface area (Å²) in [5, 5.41) is 1.53. The van der Waals surface area contributed by atoms with Crippen molar-refractivity contribution < 1.29 is 9.53 Å². The molecule has 0 aliphatic carbocycles. The number of carbonyl (C=O) groups excluding carboxylic acids is 1. The molecule has 1 heterocycles. The first-order chi connectivity index (χ1) is 8.72. The number of nitrogens with one attached hydrogen (secondary N) is 1. The van der Waals surface area contributed by atoms with Crippen LogP contribution in [0.5, 0.6) is 0 Å². The van der Waals surface area contributed by atoms with Crippen LogP contribution in [0.2, 0.25) is 0 Å². The van der Waals surface area contributed by atoms with Crippen LogP contribution in [0.4, 0.5) is 4.79 Å². The quantitative estimate of drug-likeness (QED) is 0.812. The summed E-state index contributed by atoms with van der Waals surface area (Å²) in [7, 11) is 0. The monoisotopic (exact) mass is 246 g/mol. The number of benzene rings is 1. The zero-order valence-electron chi connectivity index (χ0n) is 10.6. The lowest BCUT2D eigenvalue weighted by Crippen LogP contribution is -2.41. The maximum Gasteiger partial charge on any atom is 0.424 e. The average Bonchev–Trinajstić information content (AvgIpc) is 2.75. The molecule has 1 fully saturated rings. The van der Waals surface area contributed by atoms with Crippen molar-refractivity contribution in [2.24, 2.45) is 0 Å². The number of carbonyl (C=O) groups is 1. The molecule has 0 unspecified atom stereocenters. The maximum absolute atomic E-state index is 11.4. The first-order valence-electron chi connectivity index (χ1n) is 6.09. The van der Waals surface area contributed by atoms with Crippen molar-refractivity contribution in [3.8, 4) is 0 Å². The summed E-state index contributed by atoms with van der Waals surface area (Å²) in [6, 6.07) is 8.19. The molecular formula is C14H18N2O2. The van der Waals surface area contributed by atoms with Gasteiger partial charge < -0.3 is 4.74 Å². The highest BCUT2D eigenvalue weighted by atomic mass is 16.6. The topological polar surface area (TPSA) is 41.6 Å². The van der Waals surface area contributed by atoms with Crippen LogP contribution in [0.25, 0.3) is 0 Å². The highest BCUT2D eigenvalue weighted by Crippen LogP contribution is 2.22. The zero-order valence-corrected chi connectivity index (χ0v) is 10.6. The van der Waals surface area contributed by atoms with Gasteiger partial charge in [-0.2, -0.15) is 0 Å². The third-order valence-electron chi connectivity index (χ3n) is 3.04. The van der Waals surface area contributed by atoms with Crippen LogP contribution in [0.1, 0.15) is 23.6 Å². The van der Waals surface area contributed by atoms with Crippen molar-refractivity contribution in [2.75, 3.05) is 13.2 Å². The third kappa shape index (κ3) is 2.71. The molecule has 4 heteroatoms. The lowest BCUT2D eigenvalue weighted by atomic mass is 9.99. The van der Waals surface area contributed by atoms with Crippen LogP contribution in [0.3, 0.4) is 0 Å². The Morgan fingerprint density at radius 3 is 2.94 bits per heavy atom. The SMILES string of the molecule is C=CC[C@H](NN1CCOC1=O)c1ccccc1C. The van der Waals surface area contributed by atoms with Crippen LogP contribution in [-0.2, 0) is 4.74 Å². The van der Waals surface area contributed by atoms with E-state index in [0.717, 1.165) is 6.42 Å². The molecule has 1 aromatic carbocycles. The van der Waals surface area contributed by atoms with E-state index in [2.05, 4.69) is 31.1 Å². The van der Waals surface area contributed by atoms with E-state index in [0.29, 0.717) is 13.2 Å². The van der Waals surface area contributed by atoms with Crippen LogP contribution < -0.4 is 5.43 Å². The zero-order chi connectivity index (χ0) is 13.0. The Hall–Kier alpha value is -1.81. The standard InChI is InChI=1S/C14H18N2O2/c1-3-6-13(12-8-5-4-7-11(12)2)15-16-9-10-18-14(16)17/h3-5,7-8,13,15H,1,6,9-10H2,2H3/t13-/m0/s1. The van der Waals surface area contributed by atoms with E-state index in [1.54, 1.807) is 0 Å². The second kappa shape index (κ2) is 5.69. The molecule has 0 radical (unpaired) electrons. The van der Waals surface area contributed by atoms with Crippen LogP contribution >= 0.6 is 0 Å². The highest BCUT2D eigenvalue weighted by molar-refractivity contribution is 5.68. The Morgan fingerprint density at radius 2 is 2.33 bits per heavy atom. The molecule has 1 aliphatic rings. The lowest BCUT2D eigenvalue weighted by molar-refractivity contribution is 0.138. The Balaban J connectivity index is 2.15. The van der Waals surface area contributed by atoms with E-state index >= 15 is 0 Å². The first-order valence-corrected chi connectivity index (χ1v) is 6.09. The molecule has 1 aliphatic heterocycles. The van der Waals surface area contributed by atoms with E-state index in [1.807, 2.05) is 18.2 Å². The first kappa shape index (κ1) is 12.6. The highest BCUT2D eigenvalue weighted by Gasteiger charge is 2.25. The molecule has 18 heavy (non-hydrogen) atoms. The second-order valence-corrected chi connectivity index (χ2v) is 4.33. The lowest BCUT2D eigenvalue weighted by Gasteiger charge is -2.24. The third-order valence-corrected chi connectivity index (χ3v) is 3.04. The number of rotatable bonds is 5. The van der Waals surface area contributed by atoms with Gasteiger partial charge in [0.25, 0.3) is 0 Å². The summed E-state index contributed by atoms with van der Waals surface area (Å²) >= 11 is 0. The van der Waals surface area contributed by atoms with Crippen molar-refractivity contribution >= 4 is 6.09 Å². The number of hydrazine groups is 1. The number of aryl methyl sites for hydroxylation is 1. The van der Waals surface area contributed by atoms with Gasteiger partial charge in [-0.1, -0.05) is 30.3 Å². The molecule has 0 saturated carbocycles. The normalized spacial score (nSPS) is 16.5. The molecule has 1 N–H and O–H groups in total. The number of cyclic esters (lactones) is 1. The minimum atomic E-state index is -0.308. The van der Waals surface area contributed by atoms with E-state index < -0.39 is 0 Å². The molecule has 2 rings (SSSR count). The van der Waals surface area contributed by atoms with Crippen molar-refractivity contribution in [3.63, 3.8) is 0 Å². The van der Waals surface area contributed by atoms with E-state index in [9.17, 15) is 4.79 Å². The van der Waals surface area contributed by atoms with E-state index in [-0.39, 0.29) is 12.1 Å². The fourth-order valence-electron chi connectivity index (χ4n) is 2.09. The van der Waals surface area contributed by atoms with Crippen molar-refractivity contribution in [1.82, 2.24) is 10.4 Å². The molecular weight excluding hydrogens is 228 g/mol. The summed E-state index contributed by atoms with van der Waals surface area (Å²) in [5.74, 6) is 0. The molecule has 0 bridgehead atoms. The Labute approximate surface area is 107 Å². The summed E-state index contributed by atoms with van der Waals surface area (Å²) in [4.78, 5) is 11.4. The number of nitrogens with zero attached hydrogens (tertiary/aromatic N) is 1. The summed E-state index contributed by atoms with van der Waals surface area (Å²) in [6.45, 7) is 6.87. The smallest absolute Gasteiger partial charge is 0.424 e. The Morgan fingerprint density at radius 1 is 1.56 bits per heavy atom. The van der Waals surface area contributed by atoms with Crippen molar-refractivity contribution in [1.29, 1.82) is 0 Å².